The van der Waals surface area contributed by atoms with Crippen molar-refractivity contribution in [2.45, 2.75) is 0 Å². The SMILES string of the molecule is c1ccc(N2CCN(c3nc4ccccc4c4nc(-c5cccnc5)nn34)CC2)nc1. The second kappa shape index (κ2) is 7.32. The first kappa shape index (κ1) is 17.8. The van der Waals surface area contributed by atoms with Crippen LogP contribution in [-0.2, 0) is 0 Å². The fourth-order valence-electron chi connectivity index (χ4n) is 4.04. The molecule has 8 nitrogen and oxygen atoms in total. The highest BCUT2D eigenvalue weighted by molar-refractivity contribution is 5.93. The number of benzene rings is 1. The minimum Gasteiger partial charge on any atom is -0.353 e. The Morgan fingerprint density at radius 3 is 2.39 bits per heavy atom. The Bertz CT molecular complexity index is 1340. The van der Waals surface area contributed by atoms with Gasteiger partial charge in [-0.25, -0.2) is 15.0 Å². The van der Waals surface area contributed by atoms with Crippen molar-refractivity contribution >= 4 is 28.3 Å². The van der Waals surface area contributed by atoms with E-state index in [4.69, 9.17) is 15.1 Å². The number of aromatic nitrogens is 6. The fraction of sp³-hybridized carbons (Fsp3) is 0.174. The number of anilines is 2. The van der Waals surface area contributed by atoms with Gasteiger partial charge in [-0.2, -0.15) is 4.52 Å². The average molecular weight is 408 g/mol. The second-order valence-electron chi connectivity index (χ2n) is 7.50. The van der Waals surface area contributed by atoms with Crippen LogP contribution in [0.2, 0.25) is 0 Å². The lowest BCUT2D eigenvalue weighted by Gasteiger charge is -2.35. The third-order valence-electron chi connectivity index (χ3n) is 5.62. The number of nitrogens with zero attached hydrogens (tertiary/aromatic N) is 8. The number of fused-ring (bicyclic) bond motifs is 3. The van der Waals surface area contributed by atoms with Gasteiger partial charge in [0.15, 0.2) is 11.5 Å². The van der Waals surface area contributed by atoms with E-state index in [2.05, 4.69) is 25.8 Å². The highest BCUT2D eigenvalue weighted by atomic mass is 15.4. The van der Waals surface area contributed by atoms with Crippen molar-refractivity contribution < 1.29 is 0 Å². The number of piperazine rings is 1. The molecule has 5 aromatic rings. The topological polar surface area (TPSA) is 75.3 Å². The normalized spacial score (nSPS) is 14.5. The Hall–Kier alpha value is -4.07. The Morgan fingerprint density at radius 2 is 1.58 bits per heavy atom. The highest BCUT2D eigenvalue weighted by Crippen LogP contribution is 2.26. The first-order valence-electron chi connectivity index (χ1n) is 10.3. The zero-order chi connectivity index (χ0) is 20.6. The smallest absolute Gasteiger partial charge is 0.229 e. The van der Waals surface area contributed by atoms with Crippen LogP contribution in [0.15, 0.2) is 73.2 Å². The third-order valence-corrected chi connectivity index (χ3v) is 5.62. The first-order valence-corrected chi connectivity index (χ1v) is 10.3. The summed E-state index contributed by atoms with van der Waals surface area (Å²) in [6.45, 7) is 3.41. The molecule has 152 valence electrons. The molecule has 0 atom stereocenters. The van der Waals surface area contributed by atoms with Gasteiger partial charge in [0.25, 0.3) is 0 Å². The van der Waals surface area contributed by atoms with E-state index < -0.39 is 0 Å². The van der Waals surface area contributed by atoms with Crippen LogP contribution >= 0.6 is 0 Å². The highest BCUT2D eigenvalue weighted by Gasteiger charge is 2.23. The molecule has 0 radical (unpaired) electrons. The summed E-state index contributed by atoms with van der Waals surface area (Å²) in [7, 11) is 0. The van der Waals surface area contributed by atoms with Crippen molar-refractivity contribution in [3.05, 3.63) is 73.2 Å². The van der Waals surface area contributed by atoms with E-state index in [-0.39, 0.29) is 0 Å². The molecule has 0 amide bonds. The molecule has 1 aromatic carbocycles. The van der Waals surface area contributed by atoms with Gasteiger partial charge in [0.1, 0.15) is 5.82 Å². The van der Waals surface area contributed by atoms with Crippen molar-refractivity contribution in [1.82, 2.24) is 29.5 Å². The molecule has 0 unspecified atom stereocenters. The van der Waals surface area contributed by atoms with E-state index in [1.807, 2.05) is 59.2 Å². The van der Waals surface area contributed by atoms with Crippen LogP contribution in [0, 0.1) is 0 Å². The summed E-state index contributed by atoms with van der Waals surface area (Å²) in [5.41, 5.74) is 2.62. The van der Waals surface area contributed by atoms with Crippen molar-refractivity contribution in [2.24, 2.45) is 0 Å². The molecule has 31 heavy (non-hydrogen) atoms. The zero-order valence-corrected chi connectivity index (χ0v) is 16.8. The molecule has 0 aliphatic carbocycles. The summed E-state index contributed by atoms with van der Waals surface area (Å²) in [6.07, 6.45) is 5.38. The van der Waals surface area contributed by atoms with Gasteiger partial charge in [0, 0.05) is 55.7 Å². The molecule has 0 spiro atoms. The average Bonchev–Trinajstić information content (AvgIpc) is 3.31. The summed E-state index contributed by atoms with van der Waals surface area (Å²) in [4.78, 5) is 23.1. The second-order valence-corrected chi connectivity index (χ2v) is 7.50. The van der Waals surface area contributed by atoms with Crippen LogP contribution in [0.3, 0.4) is 0 Å². The number of pyridine rings is 2. The van der Waals surface area contributed by atoms with Gasteiger partial charge in [0.2, 0.25) is 5.95 Å². The molecule has 1 aliphatic rings. The summed E-state index contributed by atoms with van der Waals surface area (Å²) < 4.78 is 1.88. The van der Waals surface area contributed by atoms with Gasteiger partial charge in [0.05, 0.1) is 5.52 Å². The van der Waals surface area contributed by atoms with Crippen molar-refractivity contribution in [2.75, 3.05) is 36.0 Å². The minimum absolute atomic E-state index is 0.652. The van der Waals surface area contributed by atoms with E-state index >= 15 is 0 Å². The predicted molar refractivity (Wildman–Crippen MR) is 120 cm³/mol. The van der Waals surface area contributed by atoms with Crippen LogP contribution < -0.4 is 9.80 Å². The molecular formula is C23H20N8. The number of hydrogen-bond donors (Lipinski definition) is 0. The summed E-state index contributed by atoms with van der Waals surface area (Å²) in [5, 5.41) is 5.81. The van der Waals surface area contributed by atoms with Gasteiger partial charge in [-0.15, -0.1) is 5.10 Å². The lowest BCUT2D eigenvalue weighted by atomic mass is 10.2. The predicted octanol–water partition coefficient (Wildman–Crippen LogP) is 3.06. The molecule has 0 saturated carbocycles. The Morgan fingerprint density at radius 1 is 0.742 bits per heavy atom. The summed E-state index contributed by atoms with van der Waals surface area (Å²) in [5.74, 6) is 2.48. The quantitative estimate of drug-likeness (QED) is 0.454. The molecule has 1 saturated heterocycles. The molecule has 1 fully saturated rings. The molecule has 8 heteroatoms. The van der Waals surface area contributed by atoms with E-state index in [0.717, 1.165) is 60.1 Å². The maximum absolute atomic E-state index is 4.97. The van der Waals surface area contributed by atoms with Gasteiger partial charge >= 0.3 is 0 Å². The Labute approximate surface area is 178 Å². The number of hydrogen-bond acceptors (Lipinski definition) is 7. The van der Waals surface area contributed by atoms with Gasteiger partial charge in [-0.05, 0) is 36.4 Å². The Kier molecular flexibility index (Phi) is 4.19. The van der Waals surface area contributed by atoms with Crippen molar-refractivity contribution in [1.29, 1.82) is 0 Å². The fourth-order valence-corrected chi connectivity index (χ4v) is 4.04. The first-order chi connectivity index (χ1) is 15.4. The van der Waals surface area contributed by atoms with Crippen molar-refractivity contribution in [3.8, 4) is 11.4 Å². The zero-order valence-electron chi connectivity index (χ0n) is 16.8. The molecular weight excluding hydrogens is 388 g/mol. The van der Waals surface area contributed by atoms with Crippen LogP contribution in [0.5, 0.6) is 0 Å². The van der Waals surface area contributed by atoms with Crippen LogP contribution in [-0.4, -0.2) is 55.7 Å². The summed E-state index contributed by atoms with van der Waals surface area (Å²) >= 11 is 0. The molecule has 0 N–H and O–H groups in total. The van der Waals surface area contributed by atoms with Crippen LogP contribution in [0.25, 0.3) is 27.9 Å². The summed E-state index contributed by atoms with van der Waals surface area (Å²) in [6, 6.07) is 18.0. The van der Waals surface area contributed by atoms with E-state index in [9.17, 15) is 0 Å². The van der Waals surface area contributed by atoms with Crippen molar-refractivity contribution in [3.63, 3.8) is 0 Å². The number of rotatable bonds is 3. The van der Waals surface area contributed by atoms with E-state index in [1.54, 1.807) is 12.4 Å². The number of para-hydroxylation sites is 1. The van der Waals surface area contributed by atoms with E-state index in [0.29, 0.717) is 5.82 Å². The molecule has 1 aliphatic heterocycles. The maximum Gasteiger partial charge on any atom is 0.229 e. The standard InChI is InChI=1S/C23H20N8/c1-2-8-19-18(7-1)22-27-21(17-6-5-10-24-16-17)28-31(22)23(26-19)30-14-12-29(13-15-30)20-9-3-4-11-25-20/h1-11,16H,12-15H2. The third kappa shape index (κ3) is 3.13. The maximum atomic E-state index is 4.97. The van der Waals surface area contributed by atoms with Crippen LogP contribution in [0.4, 0.5) is 11.8 Å². The van der Waals surface area contributed by atoms with E-state index in [1.165, 1.54) is 0 Å². The largest absolute Gasteiger partial charge is 0.353 e. The van der Waals surface area contributed by atoms with Gasteiger partial charge < -0.3 is 9.80 Å². The monoisotopic (exact) mass is 408 g/mol. The molecule has 5 heterocycles. The van der Waals surface area contributed by atoms with Gasteiger partial charge in [-0.1, -0.05) is 18.2 Å². The van der Waals surface area contributed by atoms with Crippen LogP contribution in [0.1, 0.15) is 0 Å². The molecule has 4 aromatic heterocycles. The molecule has 0 bridgehead atoms. The minimum atomic E-state index is 0.652. The van der Waals surface area contributed by atoms with Gasteiger partial charge in [-0.3, -0.25) is 4.98 Å². The molecule has 6 rings (SSSR count). The lowest BCUT2D eigenvalue weighted by Crippen LogP contribution is -2.47. The lowest BCUT2D eigenvalue weighted by molar-refractivity contribution is 0.627. The Balaban J connectivity index is 1.41.